The number of hydrogen-bond acceptors (Lipinski definition) is 3. The Bertz CT molecular complexity index is 733. The molecule has 0 aliphatic rings. The number of nitrogens with zero attached hydrogens (tertiary/aromatic N) is 2. The zero-order valence-corrected chi connectivity index (χ0v) is 12.3. The van der Waals surface area contributed by atoms with Crippen LogP contribution in [0.3, 0.4) is 0 Å². The Hall–Kier alpha value is -2.23. The number of aryl methyl sites for hydroxylation is 1. The molecule has 4 heteroatoms. The van der Waals surface area contributed by atoms with Crippen molar-refractivity contribution < 1.29 is 4.42 Å². The van der Waals surface area contributed by atoms with Crippen molar-refractivity contribution in [2.24, 2.45) is 0 Å². The normalized spacial score (nSPS) is 12.0. The average Bonchev–Trinajstić information content (AvgIpc) is 2.96. The molecule has 3 aromatic rings. The first kappa shape index (κ1) is 12.8. The maximum atomic E-state index is 5.20. The lowest BCUT2D eigenvalue weighted by atomic mass is 10.1. The van der Waals surface area contributed by atoms with Gasteiger partial charge in [0.15, 0.2) is 0 Å². The van der Waals surface area contributed by atoms with E-state index in [0.717, 1.165) is 22.7 Å². The van der Waals surface area contributed by atoms with Crippen molar-refractivity contribution in [1.82, 2.24) is 9.38 Å². The smallest absolute Gasteiger partial charge is 0.139 e. The maximum absolute atomic E-state index is 5.20. The Balaban J connectivity index is 2.25. The van der Waals surface area contributed by atoms with Gasteiger partial charge in [-0.15, -0.1) is 0 Å². The fraction of sp³-hybridized carbons (Fsp3) is 0.312. The van der Waals surface area contributed by atoms with Gasteiger partial charge in [0, 0.05) is 17.3 Å². The number of rotatable bonds is 2. The van der Waals surface area contributed by atoms with Crippen LogP contribution in [0.2, 0.25) is 0 Å². The van der Waals surface area contributed by atoms with E-state index in [-0.39, 0.29) is 5.54 Å². The van der Waals surface area contributed by atoms with Crippen LogP contribution >= 0.6 is 0 Å². The van der Waals surface area contributed by atoms with E-state index in [2.05, 4.69) is 49.7 Å². The van der Waals surface area contributed by atoms with Gasteiger partial charge < -0.3 is 9.73 Å². The molecule has 0 fully saturated rings. The highest BCUT2D eigenvalue weighted by Gasteiger charge is 2.19. The zero-order valence-electron chi connectivity index (χ0n) is 12.3. The highest BCUT2D eigenvalue weighted by molar-refractivity contribution is 5.76. The first-order chi connectivity index (χ1) is 9.44. The third-order valence-corrected chi connectivity index (χ3v) is 3.05. The van der Waals surface area contributed by atoms with Crippen LogP contribution in [-0.4, -0.2) is 14.9 Å². The highest BCUT2D eigenvalue weighted by atomic mass is 16.3. The first-order valence-corrected chi connectivity index (χ1v) is 6.73. The number of nitrogens with one attached hydrogen (secondary N) is 1. The van der Waals surface area contributed by atoms with Crippen LogP contribution in [0.15, 0.2) is 41.3 Å². The van der Waals surface area contributed by atoms with Gasteiger partial charge in [-0.1, -0.05) is 6.07 Å². The van der Waals surface area contributed by atoms with E-state index in [0.29, 0.717) is 0 Å². The zero-order chi connectivity index (χ0) is 14.3. The molecule has 0 bridgehead atoms. The SMILES string of the molecule is Cc1ccc2nc(-c3ccoc3)c(NC(C)(C)C)n2c1. The second kappa shape index (κ2) is 4.40. The van der Waals surface area contributed by atoms with Crippen LogP contribution in [0.25, 0.3) is 16.9 Å². The second-order valence-corrected chi connectivity index (χ2v) is 6.13. The molecule has 0 aliphatic carbocycles. The van der Waals surface area contributed by atoms with Gasteiger partial charge >= 0.3 is 0 Å². The fourth-order valence-corrected chi connectivity index (χ4v) is 2.23. The van der Waals surface area contributed by atoms with E-state index in [1.807, 2.05) is 12.1 Å². The number of pyridine rings is 1. The van der Waals surface area contributed by atoms with Crippen LogP contribution in [-0.2, 0) is 0 Å². The number of aromatic nitrogens is 2. The molecule has 0 aromatic carbocycles. The summed E-state index contributed by atoms with van der Waals surface area (Å²) in [7, 11) is 0. The number of fused-ring (bicyclic) bond motifs is 1. The third kappa shape index (κ3) is 2.29. The molecule has 0 spiro atoms. The molecule has 3 heterocycles. The second-order valence-electron chi connectivity index (χ2n) is 6.13. The summed E-state index contributed by atoms with van der Waals surface area (Å²) < 4.78 is 7.30. The van der Waals surface area contributed by atoms with Crippen LogP contribution in [0, 0.1) is 6.92 Å². The molecule has 20 heavy (non-hydrogen) atoms. The predicted molar refractivity (Wildman–Crippen MR) is 81.0 cm³/mol. The maximum Gasteiger partial charge on any atom is 0.139 e. The van der Waals surface area contributed by atoms with Crippen molar-refractivity contribution in [1.29, 1.82) is 0 Å². The number of hydrogen-bond donors (Lipinski definition) is 1. The monoisotopic (exact) mass is 269 g/mol. The molecule has 104 valence electrons. The van der Waals surface area contributed by atoms with Crippen molar-refractivity contribution in [3.8, 4) is 11.3 Å². The van der Waals surface area contributed by atoms with Crippen LogP contribution < -0.4 is 5.32 Å². The third-order valence-electron chi connectivity index (χ3n) is 3.05. The standard InChI is InChI=1S/C16H19N3O/c1-11-5-6-13-17-14(12-7-8-20-10-12)15(19(13)9-11)18-16(2,3)4/h5-10,18H,1-4H3. The predicted octanol–water partition coefficient (Wildman–Crippen LogP) is 4.11. The molecule has 0 saturated heterocycles. The van der Waals surface area contributed by atoms with Crippen molar-refractivity contribution in [2.75, 3.05) is 5.32 Å². The molecular weight excluding hydrogens is 250 g/mol. The number of imidazole rings is 1. The average molecular weight is 269 g/mol. The summed E-state index contributed by atoms with van der Waals surface area (Å²) in [5, 5.41) is 3.55. The van der Waals surface area contributed by atoms with Gasteiger partial charge in [-0.2, -0.15) is 0 Å². The summed E-state index contributed by atoms with van der Waals surface area (Å²) >= 11 is 0. The Kier molecular flexibility index (Phi) is 2.82. The van der Waals surface area contributed by atoms with Crippen molar-refractivity contribution in [3.05, 3.63) is 42.5 Å². The lowest BCUT2D eigenvalue weighted by Crippen LogP contribution is -2.27. The summed E-state index contributed by atoms with van der Waals surface area (Å²) in [6.07, 6.45) is 5.49. The fourth-order valence-electron chi connectivity index (χ4n) is 2.23. The van der Waals surface area contributed by atoms with Gasteiger partial charge in [-0.3, -0.25) is 4.40 Å². The molecule has 0 aliphatic heterocycles. The van der Waals surface area contributed by atoms with E-state index in [1.54, 1.807) is 12.5 Å². The quantitative estimate of drug-likeness (QED) is 0.761. The summed E-state index contributed by atoms with van der Waals surface area (Å²) in [5.41, 5.74) is 3.99. The van der Waals surface area contributed by atoms with Gasteiger partial charge in [0.05, 0.1) is 12.5 Å². The number of anilines is 1. The van der Waals surface area contributed by atoms with E-state index in [4.69, 9.17) is 9.40 Å². The minimum atomic E-state index is -0.0435. The van der Waals surface area contributed by atoms with Crippen molar-refractivity contribution >= 4 is 11.5 Å². The molecule has 4 nitrogen and oxygen atoms in total. The van der Waals surface area contributed by atoms with Gasteiger partial charge in [-0.25, -0.2) is 4.98 Å². The van der Waals surface area contributed by atoms with E-state index in [1.165, 1.54) is 5.56 Å². The Morgan fingerprint density at radius 3 is 2.65 bits per heavy atom. The van der Waals surface area contributed by atoms with Gasteiger partial charge in [0.1, 0.15) is 17.2 Å². The van der Waals surface area contributed by atoms with E-state index >= 15 is 0 Å². The molecule has 3 aromatic heterocycles. The van der Waals surface area contributed by atoms with Crippen LogP contribution in [0.5, 0.6) is 0 Å². The van der Waals surface area contributed by atoms with Gasteiger partial charge in [0.25, 0.3) is 0 Å². The minimum absolute atomic E-state index is 0.0435. The lowest BCUT2D eigenvalue weighted by molar-refractivity contribution is 0.568. The van der Waals surface area contributed by atoms with Gasteiger partial charge in [-0.05, 0) is 45.4 Å². The molecule has 0 radical (unpaired) electrons. The Morgan fingerprint density at radius 2 is 2.00 bits per heavy atom. The van der Waals surface area contributed by atoms with Gasteiger partial charge in [0.2, 0.25) is 0 Å². The lowest BCUT2D eigenvalue weighted by Gasteiger charge is -2.22. The Morgan fingerprint density at radius 1 is 1.20 bits per heavy atom. The highest BCUT2D eigenvalue weighted by Crippen LogP contribution is 2.31. The largest absolute Gasteiger partial charge is 0.472 e. The van der Waals surface area contributed by atoms with Crippen molar-refractivity contribution in [3.63, 3.8) is 0 Å². The van der Waals surface area contributed by atoms with E-state index in [9.17, 15) is 0 Å². The molecule has 0 saturated carbocycles. The summed E-state index contributed by atoms with van der Waals surface area (Å²) in [5.74, 6) is 0.998. The molecule has 0 unspecified atom stereocenters. The summed E-state index contributed by atoms with van der Waals surface area (Å²) in [6.45, 7) is 8.50. The van der Waals surface area contributed by atoms with Crippen molar-refractivity contribution in [2.45, 2.75) is 33.2 Å². The molecule has 0 atom stereocenters. The summed E-state index contributed by atoms with van der Waals surface area (Å²) in [4.78, 5) is 4.72. The van der Waals surface area contributed by atoms with E-state index < -0.39 is 0 Å². The molecule has 0 amide bonds. The molecular formula is C16H19N3O. The van der Waals surface area contributed by atoms with Crippen LogP contribution in [0.4, 0.5) is 5.82 Å². The first-order valence-electron chi connectivity index (χ1n) is 6.73. The molecule has 3 rings (SSSR count). The minimum Gasteiger partial charge on any atom is -0.472 e. The Labute approximate surface area is 118 Å². The number of furan rings is 1. The molecule has 1 N–H and O–H groups in total. The summed E-state index contributed by atoms with van der Waals surface area (Å²) in [6, 6.07) is 6.04. The topological polar surface area (TPSA) is 42.5 Å². The van der Waals surface area contributed by atoms with Crippen LogP contribution in [0.1, 0.15) is 26.3 Å².